The van der Waals surface area contributed by atoms with Crippen molar-refractivity contribution in [3.05, 3.63) is 54.8 Å². The van der Waals surface area contributed by atoms with Crippen molar-refractivity contribution in [2.75, 3.05) is 19.5 Å². The summed E-state index contributed by atoms with van der Waals surface area (Å²) in [6, 6.07) is 2.58. The average molecular weight is 410 g/mol. The number of H-pyrrole nitrogens is 2. The molecule has 2 aromatic rings. The smallest absolute Gasteiger partial charge is 0.356 e. The maximum atomic E-state index is 12.9. The van der Waals surface area contributed by atoms with Gasteiger partial charge in [0, 0.05) is 31.0 Å². The third kappa shape index (κ3) is 4.08. The zero-order valence-electron chi connectivity index (χ0n) is 13.0. The molecule has 1 aromatic carbocycles. The van der Waals surface area contributed by atoms with Gasteiger partial charge in [-0.25, -0.2) is 4.79 Å². The standard InChI is InChI=1S/C13H14Cl2N3O6P/c1-23-25(22,24-2)12(7-3-6(14)4-8(15)10(7)19)17-9-5-16-13(21)18-11(9)20/h3-5,12,17,19H,1-2H3,(H2,16,18,20,21). The Labute approximate surface area is 151 Å². The van der Waals surface area contributed by atoms with E-state index in [1.54, 1.807) is 0 Å². The van der Waals surface area contributed by atoms with E-state index in [0.717, 1.165) is 20.4 Å². The Morgan fingerprint density at radius 1 is 1.24 bits per heavy atom. The van der Waals surface area contributed by atoms with Gasteiger partial charge < -0.3 is 24.5 Å². The van der Waals surface area contributed by atoms with Gasteiger partial charge in [0.15, 0.2) is 5.78 Å². The van der Waals surface area contributed by atoms with Crippen LogP contribution >= 0.6 is 30.8 Å². The molecule has 1 unspecified atom stereocenters. The van der Waals surface area contributed by atoms with Crippen LogP contribution in [0.1, 0.15) is 11.3 Å². The van der Waals surface area contributed by atoms with Gasteiger partial charge in [0.25, 0.3) is 5.56 Å². The molecule has 2 rings (SSSR count). The van der Waals surface area contributed by atoms with Gasteiger partial charge in [-0.1, -0.05) is 23.2 Å². The lowest BCUT2D eigenvalue weighted by molar-refractivity contribution is 0.268. The highest BCUT2D eigenvalue weighted by Gasteiger charge is 2.38. The van der Waals surface area contributed by atoms with E-state index in [-0.39, 0.29) is 21.3 Å². The van der Waals surface area contributed by atoms with Gasteiger partial charge in [-0.15, -0.1) is 0 Å². The molecule has 0 aliphatic heterocycles. The highest BCUT2D eigenvalue weighted by atomic mass is 35.5. The summed E-state index contributed by atoms with van der Waals surface area (Å²) in [7, 11) is -1.63. The summed E-state index contributed by atoms with van der Waals surface area (Å²) in [5.41, 5.74) is -1.66. The number of hydrogen-bond donors (Lipinski definition) is 4. The molecule has 0 radical (unpaired) electrons. The van der Waals surface area contributed by atoms with E-state index < -0.39 is 30.4 Å². The van der Waals surface area contributed by atoms with E-state index >= 15 is 0 Å². The molecule has 0 spiro atoms. The van der Waals surface area contributed by atoms with Gasteiger partial charge in [-0.2, -0.15) is 0 Å². The third-order valence-electron chi connectivity index (χ3n) is 3.29. The molecule has 0 fully saturated rings. The average Bonchev–Trinajstić information content (AvgIpc) is 2.57. The molecule has 0 bridgehead atoms. The maximum absolute atomic E-state index is 12.9. The van der Waals surface area contributed by atoms with Gasteiger partial charge in [0.2, 0.25) is 0 Å². The first kappa shape index (κ1) is 19.6. The van der Waals surface area contributed by atoms with Crippen molar-refractivity contribution in [2.45, 2.75) is 5.78 Å². The fourth-order valence-corrected chi connectivity index (χ4v) is 3.99. The highest BCUT2D eigenvalue weighted by Crippen LogP contribution is 2.61. The summed E-state index contributed by atoms with van der Waals surface area (Å²) in [5.74, 6) is -1.76. The molecular weight excluding hydrogens is 396 g/mol. The number of halogens is 2. The Morgan fingerprint density at radius 3 is 2.44 bits per heavy atom. The molecule has 12 heteroatoms. The predicted octanol–water partition coefficient (Wildman–Crippen LogP) is 2.67. The number of phenols is 1. The van der Waals surface area contributed by atoms with Crippen molar-refractivity contribution in [2.24, 2.45) is 0 Å². The second-order valence-electron chi connectivity index (χ2n) is 4.76. The van der Waals surface area contributed by atoms with Crippen molar-refractivity contribution >= 4 is 36.5 Å². The van der Waals surface area contributed by atoms with Crippen LogP contribution < -0.4 is 16.6 Å². The second kappa shape index (κ2) is 7.63. The number of aromatic hydroxyl groups is 1. The quantitative estimate of drug-likeness (QED) is 0.538. The second-order valence-corrected chi connectivity index (χ2v) is 7.93. The van der Waals surface area contributed by atoms with E-state index in [2.05, 4.69) is 10.3 Å². The number of aromatic amines is 2. The lowest BCUT2D eigenvalue weighted by Gasteiger charge is -2.26. The van der Waals surface area contributed by atoms with Crippen molar-refractivity contribution in [3.63, 3.8) is 0 Å². The first-order valence-electron chi connectivity index (χ1n) is 6.69. The molecule has 1 atom stereocenters. The zero-order chi connectivity index (χ0) is 18.8. The Morgan fingerprint density at radius 2 is 1.88 bits per heavy atom. The zero-order valence-corrected chi connectivity index (χ0v) is 15.4. The highest BCUT2D eigenvalue weighted by molar-refractivity contribution is 7.54. The summed E-state index contributed by atoms with van der Waals surface area (Å²) < 4.78 is 22.8. The Bertz CT molecular complexity index is 936. The number of phenolic OH excluding ortho intramolecular Hbond substituents is 1. The Balaban J connectivity index is 2.65. The molecule has 4 N–H and O–H groups in total. The molecule has 0 amide bonds. The number of aromatic nitrogens is 2. The molecule has 0 aliphatic carbocycles. The van der Waals surface area contributed by atoms with Crippen molar-refractivity contribution in [1.29, 1.82) is 0 Å². The van der Waals surface area contributed by atoms with Crippen LogP contribution in [0.25, 0.3) is 0 Å². The molecule has 9 nitrogen and oxygen atoms in total. The molecular formula is C13H14Cl2N3O6P. The summed E-state index contributed by atoms with van der Waals surface area (Å²) in [5, 5.41) is 12.9. The van der Waals surface area contributed by atoms with Gasteiger partial charge in [-0.05, 0) is 12.1 Å². The summed E-state index contributed by atoms with van der Waals surface area (Å²) in [6.45, 7) is 0. The Hall–Kier alpha value is -1.77. The van der Waals surface area contributed by atoms with E-state index in [0.29, 0.717) is 0 Å². The van der Waals surface area contributed by atoms with Crippen molar-refractivity contribution in [3.8, 4) is 5.75 Å². The number of nitrogens with one attached hydrogen (secondary N) is 3. The van der Waals surface area contributed by atoms with E-state index in [1.807, 2.05) is 4.98 Å². The van der Waals surface area contributed by atoms with Crippen molar-refractivity contribution < 1.29 is 18.7 Å². The van der Waals surface area contributed by atoms with Crippen LogP contribution in [0, 0.1) is 0 Å². The minimum atomic E-state index is -3.91. The molecule has 0 saturated carbocycles. The lowest BCUT2D eigenvalue weighted by Crippen LogP contribution is -2.26. The number of anilines is 1. The largest absolute Gasteiger partial charge is 0.506 e. The summed E-state index contributed by atoms with van der Waals surface area (Å²) in [4.78, 5) is 27.3. The summed E-state index contributed by atoms with van der Waals surface area (Å²) in [6.07, 6.45) is 1.08. The van der Waals surface area contributed by atoms with Crippen LogP contribution in [0.15, 0.2) is 27.9 Å². The molecule has 1 heterocycles. The normalized spacial score (nSPS) is 12.8. The fourth-order valence-electron chi connectivity index (χ4n) is 2.07. The van der Waals surface area contributed by atoms with E-state index in [4.69, 9.17) is 32.2 Å². The predicted molar refractivity (Wildman–Crippen MR) is 93.8 cm³/mol. The monoisotopic (exact) mass is 409 g/mol. The van der Waals surface area contributed by atoms with Gasteiger partial charge >= 0.3 is 13.3 Å². The molecule has 136 valence electrons. The minimum absolute atomic E-state index is 0.0184. The van der Waals surface area contributed by atoms with Crippen LogP contribution in [-0.4, -0.2) is 29.3 Å². The number of benzene rings is 1. The molecule has 1 aromatic heterocycles. The molecule has 25 heavy (non-hydrogen) atoms. The van der Waals surface area contributed by atoms with Crippen LogP contribution in [0.2, 0.25) is 10.0 Å². The molecule has 0 aliphatic rings. The fraction of sp³-hybridized carbons (Fsp3) is 0.231. The van der Waals surface area contributed by atoms with Crippen LogP contribution in [0.4, 0.5) is 5.69 Å². The topological polar surface area (TPSA) is 134 Å². The van der Waals surface area contributed by atoms with Gasteiger partial charge in [0.1, 0.15) is 11.4 Å². The van der Waals surface area contributed by atoms with E-state index in [9.17, 15) is 19.3 Å². The first-order chi connectivity index (χ1) is 11.7. The van der Waals surface area contributed by atoms with Crippen molar-refractivity contribution in [1.82, 2.24) is 9.97 Å². The van der Waals surface area contributed by atoms with Gasteiger partial charge in [0.05, 0.1) is 5.02 Å². The SMILES string of the molecule is COP(=O)(OC)C(Nc1c[nH]c(=O)[nH]c1=O)c1cc(Cl)cc(Cl)c1O. The first-order valence-corrected chi connectivity index (χ1v) is 9.06. The number of hydrogen-bond acceptors (Lipinski definition) is 7. The lowest BCUT2D eigenvalue weighted by atomic mass is 10.2. The third-order valence-corrected chi connectivity index (χ3v) is 5.85. The molecule has 0 saturated heterocycles. The van der Waals surface area contributed by atoms with Crippen LogP contribution in [-0.2, 0) is 13.6 Å². The minimum Gasteiger partial charge on any atom is -0.506 e. The number of rotatable bonds is 6. The van der Waals surface area contributed by atoms with Crippen LogP contribution in [0.3, 0.4) is 0 Å². The van der Waals surface area contributed by atoms with Crippen LogP contribution in [0.5, 0.6) is 5.75 Å². The summed E-state index contributed by atoms with van der Waals surface area (Å²) >= 11 is 11.9. The van der Waals surface area contributed by atoms with E-state index in [1.165, 1.54) is 12.1 Å². The maximum Gasteiger partial charge on any atom is 0.356 e. The Kier molecular flexibility index (Phi) is 5.97. The van der Waals surface area contributed by atoms with Gasteiger partial charge in [-0.3, -0.25) is 14.3 Å².